The van der Waals surface area contributed by atoms with Crippen molar-refractivity contribution in [1.29, 1.82) is 0 Å². The highest BCUT2D eigenvalue weighted by Crippen LogP contribution is 2.26. The van der Waals surface area contributed by atoms with Gasteiger partial charge in [-0.15, -0.1) is 15.3 Å². The molecular formula is C17H13FN6O2. The third kappa shape index (κ3) is 2.95. The minimum atomic E-state index is -0.333. The first-order chi connectivity index (χ1) is 12.8. The molecule has 9 heteroatoms. The maximum Gasteiger partial charge on any atom is 0.270 e. The van der Waals surface area contributed by atoms with Crippen LogP contribution in [0.3, 0.4) is 0 Å². The summed E-state index contributed by atoms with van der Waals surface area (Å²) in [6.45, 7) is 0.213. The van der Waals surface area contributed by atoms with Crippen molar-refractivity contribution >= 4 is 0 Å². The molecule has 0 aliphatic heterocycles. The van der Waals surface area contributed by atoms with E-state index in [1.165, 1.54) is 12.1 Å². The Morgan fingerprint density at radius 1 is 1.08 bits per heavy atom. The van der Waals surface area contributed by atoms with Crippen molar-refractivity contribution in [1.82, 2.24) is 30.2 Å². The first-order valence-corrected chi connectivity index (χ1v) is 7.70. The van der Waals surface area contributed by atoms with Gasteiger partial charge in [0.05, 0.1) is 17.9 Å². The van der Waals surface area contributed by atoms with Gasteiger partial charge in [0.2, 0.25) is 5.89 Å². The number of methoxy groups -OCH3 is 1. The zero-order valence-electron chi connectivity index (χ0n) is 13.7. The average molecular weight is 352 g/mol. The number of ether oxygens (including phenoxy) is 1. The molecule has 3 aromatic heterocycles. The van der Waals surface area contributed by atoms with Crippen LogP contribution in [0.4, 0.5) is 4.39 Å². The SMILES string of the molecule is COCc1c(-c2nnc(-c3cccnc3)o2)nnn1-c1ccc(F)cc1. The third-order valence-corrected chi connectivity index (χ3v) is 3.65. The van der Waals surface area contributed by atoms with Gasteiger partial charge in [-0.3, -0.25) is 4.98 Å². The molecule has 0 aliphatic rings. The highest BCUT2D eigenvalue weighted by Gasteiger charge is 2.21. The Kier molecular flexibility index (Phi) is 4.20. The summed E-state index contributed by atoms with van der Waals surface area (Å²) in [5.74, 6) is 0.206. The lowest BCUT2D eigenvalue weighted by atomic mass is 10.2. The molecule has 0 amide bonds. The summed E-state index contributed by atoms with van der Waals surface area (Å²) in [7, 11) is 1.56. The Morgan fingerprint density at radius 3 is 2.62 bits per heavy atom. The monoisotopic (exact) mass is 352 g/mol. The third-order valence-electron chi connectivity index (χ3n) is 3.65. The lowest BCUT2D eigenvalue weighted by molar-refractivity contribution is 0.179. The maximum absolute atomic E-state index is 13.2. The zero-order chi connectivity index (χ0) is 17.9. The molecule has 0 atom stereocenters. The summed E-state index contributed by atoms with van der Waals surface area (Å²) in [6, 6.07) is 9.49. The van der Waals surface area contributed by atoms with Crippen LogP contribution in [-0.2, 0) is 11.3 Å². The van der Waals surface area contributed by atoms with Crippen LogP contribution in [0, 0.1) is 5.82 Å². The quantitative estimate of drug-likeness (QED) is 0.545. The van der Waals surface area contributed by atoms with Crippen molar-refractivity contribution in [2.45, 2.75) is 6.61 Å². The molecule has 0 N–H and O–H groups in total. The Balaban J connectivity index is 1.75. The second kappa shape index (κ2) is 6.81. The highest BCUT2D eigenvalue weighted by molar-refractivity contribution is 5.56. The van der Waals surface area contributed by atoms with Gasteiger partial charge in [-0.1, -0.05) is 5.21 Å². The van der Waals surface area contributed by atoms with Gasteiger partial charge in [0, 0.05) is 19.5 Å². The fourth-order valence-corrected chi connectivity index (χ4v) is 2.45. The molecule has 130 valence electrons. The molecule has 4 rings (SSSR count). The van der Waals surface area contributed by atoms with Gasteiger partial charge in [-0.05, 0) is 36.4 Å². The summed E-state index contributed by atoms with van der Waals surface area (Å²) in [5.41, 5.74) is 2.36. The largest absolute Gasteiger partial charge is 0.414 e. The van der Waals surface area contributed by atoms with Gasteiger partial charge in [-0.2, -0.15) is 0 Å². The van der Waals surface area contributed by atoms with E-state index in [9.17, 15) is 4.39 Å². The van der Waals surface area contributed by atoms with Crippen molar-refractivity contribution in [3.63, 3.8) is 0 Å². The molecule has 4 aromatic rings. The first-order valence-electron chi connectivity index (χ1n) is 7.70. The van der Waals surface area contributed by atoms with Crippen molar-refractivity contribution in [3.05, 3.63) is 60.3 Å². The standard InChI is InChI=1S/C17H13FN6O2/c1-25-10-14-15(20-23-24(14)13-6-4-12(18)5-7-13)17-22-21-16(26-17)11-3-2-8-19-9-11/h2-9H,10H2,1H3. The molecule has 0 fully saturated rings. The van der Waals surface area contributed by atoms with E-state index in [0.717, 1.165) is 0 Å². The van der Waals surface area contributed by atoms with Crippen LogP contribution >= 0.6 is 0 Å². The number of pyridine rings is 1. The van der Waals surface area contributed by atoms with Crippen molar-refractivity contribution in [3.8, 4) is 28.7 Å². The minimum absolute atomic E-state index is 0.212. The average Bonchev–Trinajstić information content (AvgIpc) is 3.31. The minimum Gasteiger partial charge on any atom is -0.414 e. The number of benzene rings is 1. The second-order valence-corrected chi connectivity index (χ2v) is 5.36. The molecule has 0 saturated carbocycles. The van der Waals surface area contributed by atoms with E-state index in [2.05, 4.69) is 25.5 Å². The Bertz CT molecular complexity index is 1010. The van der Waals surface area contributed by atoms with Crippen LogP contribution in [0.2, 0.25) is 0 Å². The topological polar surface area (TPSA) is 91.8 Å². The number of hydrogen-bond donors (Lipinski definition) is 0. The lowest BCUT2D eigenvalue weighted by Gasteiger charge is -2.06. The summed E-state index contributed by atoms with van der Waals surface area (Å²) >= 11 is 0. The van der Waals surface area contributed by atoms with Gasteiger partial charge >= 0.3 is 0 Å². The van der Waals surface area contributed by atoms with Crippen LogP contribution in [0.25, 0.3) is 28.7 Å². The summed E-state index contributed by atoms with van der Waals surface area (Å²) in [4.78, 5) is 4.03. The van der Waals surface area contributed by atoms with Crippen LogP contribution in [-0.4, -0.2) is 37.3 Å². The van der Waals surface area contributed by atoms with E-state index < -0.39 is 0 Å². The first kappa shape index (κ1) is 16.0. The molecule has 8 nitrogen and oxygen atoms in total. The van der Waals surface area contributed by atoms with E-state index in [1.807, 2.05) is 6.07 Å². The predicted molar refractivity (Wildman–Crippen MR) is 88.6 cm³/mol. The number of hydrogen-bond acceptors (Lipinski definition) is 7. The molecule has 0 saturated heterocycles. The molecule has 0 radical (unpaired) electrons. The summed E-state index contributed by atoms with van der Waals surface area (Å²) in [5, 5.41) is 16.3. The van der Waals surface area contributed by atoms with Crippen LogP contribution < -0.4 is 0 Å². The van der Waals surface area contributed by atoms with Gasteiger partial charge in [0.1, 0.15) is 11.5 Å². The van der Waals surface area contributed by atoms with Crippen LogP contribution in [0.1, 0.15) is 5.69 Å². The Morgan fingerprint density at radius 2 is 1.88 bits per heavy atom. The smallest absolute Gasteiger partial charge is 0.270 e. The molecule has 0 bridgehead atoms. The molecule has 0 unspecified atom stereocenters. The number of aromatic nitrogens is 6. The van der Waals surface area contributed by atoms with E-state index in [-0.39, 0.29) is 18.3 Å². The van der Waals surface area contributed by atoms with E-state index in [1.54, 1.807) is 42.4 Å². The van der Waals surface area contributed by atoms with E-state index in [4.69, 9.17) is 9.15 Å². The molecule has 0 aliphatic carbocycles. The van der Waals surface area contributed by atoms with Crippen molar-refractivity contribution in [2.24, 2.45) is 0 Å². The normalized spacial score (nSPS) is 11.0. The fraction of sp³-hybridized carbons (Fsp3) is 0.118. The van der Waals surface area contributed by atoms with Gasteiger partial charge in [0.25, 0.3) is 5.89 Å². The van der Waals surface area contributed by atoms with Gasteiger partial charge in [-0.25, -0.2) is 9.07 Å². The van der Waals surface area contributed by atoms with Crippen LogP contribution in [0.15, 0.2) is 53.2 Å². The molecule has 3 heterocycles. The van der Waals surface area contributed by atoms with E-state index in [0.29, 0.717) is 28.5 Å². The fourth-order valence-electron chi connectivity index (χ4n) is 2.45. The Labute approximate surface area is 147 Å². The number of rotatable bonds is 5. The summed E-state index contributed by atoms with van der Waals surface area (Å²) < 4.78 is 25.7. The van der Waals surface area contributed by atoms with Crippen molar-refractivity contribution < 1.29 is 13.5 Å². The maximum atomic E-state index is 13.2. The predicted octanol–water partition coefficient (Wildman–Crippen LogP) is 2.66. The molecular weight excluding hydrogens is 339 g/mol. The van der Waals surface area contributed by atoms with Gasteiger partial charge < -0.3 is 9.15 Å². The second-order valence-electron chi connectivity index (χ2n) is 5.36. The number of nitrogens with zero attached hydrogens (tertiary/aromatic N) is 6. The molecule has 0 spiro atoms. The summed E-state index contributed by atoms with van der Waals surface area (Å²) in [6.07, 6.45) is 3.29. The molecule has 26 heavy (non-hydrogen) atoms. The number of halogens is 1. The zero-order valence-corrected chi connectivity index (χ0v) is 13.7. The molecule has 1 aromatic carbocycles. The van der Waals surface area contributed by atoms with E-state index >= 15 is 0 Å². The highest BCUT2D eigenvalue weighted by atomic mass is 19.1. The Hall–Kier alpha value is -3.46. The van der Waals surface area contributed by atoms with Crippen LogP contribution in [0.5, 0.6) is 0 Å². The van der Waals surface area contributed by atoms with Crippen molar-refractivity contribution in [2.75, 3.05) is 7.11 Å². The lowest BCUT2D eigenvalue weighted by Crippen LogP contribution is -2.04. The van der Waals surface area contributed by atoms with Gasteiger partial charge in [0.15, 0.2) is 5.69 Å².